The van der Waals surface area contributed by atoms with E-state index in [0.29, 0.717) is 0 Å². The van der Waals surface area contributed by atoms with Gasteiger partial charge < -0.3 is 0 Å². The van der Waals surface area contributed by atoms with Gasteiger partial charge in [0.2, 0.25) is 0 Å². The van der Waals surface area contributed by atoms with Crippen molar-refractivity contribution in [2.45, 2.75) is 59.8 Å². The van der Waals surface area contributed by atoms with E-state index in [9.17, 15) is 0 Å². The maximum Gasteiger partial charge on any atom is 0.160 e. The zero-order chi connectivity index (χ0) is 19.2. The van der Waals surface area contributed by atoms with Gasteiger partial charge in [0.1, 0.15) is 0 Å². The van der Waals surface area contributed by atoms with Crippen LogP contribution in [0, 0.1) is 13.8 Å². The van der Waals surface area contributed by atoms with Crippen molar-refractivity contribution in [3.8, 4) is 22.6 Å². The second-order valence-corrected chi connectivity index (χ2v) is 7.41. The Bertz CT molecular complexity index is 877. The fraction of sp³-hybridized carbons (Fsp3) is 0.360. The van der Waals surface area contributed by atoms with Crippen molar-refractivity contribution in [3.05, 3.63) is 70.9 Å². The van der Waals surface area contributed by atoms with Crippen molar-refractivity contribution < 1.29 is 0 Å². The molecule has 0 unspecified atom stereocenters. The number of rotatable bonds is 7. The van der Waals surface area contributed by atoms with Gasteiger partial charge in [-0.05, 0) is 33.1 Å². The van der Waals surface area contributed by atoms with Crippen molar-refractivity contribution in [3.63, 3.8) is 0 Å². The number of hydrogen-bond acceptors (Lipinski definition) is 2. The van der Waals surface area contributed by atoms with Crippen LogP contribution in [-0.2, 0) is 12.8 Å². The average molecular weight is 359 g/mol. The Morgan fingerprint density at radius 2 is 1.26 bits per heavy atom. The highest BCUT2D eigenvalue weighted by Gasteiger charge is 2.16. The van der Waals surface area contributed by atoms with Crippen LogP contribution < -0.4 is 0 Å². The van der Waals surface area contributed by atoms with Gasteiger partial charge in [-0.3, -0.25) is 0 Å². The normalized spacial score (nSPS) is 11.0. The molecule has 1 aromatic heterocycles. The highest BCUT2D eigenvalue weighted by molar-refractivity contribution is 5.68. The summed E-state index contributed by atoms with van der Waals surface area (Å²) in [6.45, 7) is 8.71. The number of hydrogen-bond donors (Lipinski definition) is 0. The van der Waals surface area contributed by atoms with Gasteiger partial charge in [0.15, 0.2) is 5.82 Å². The molecule has 0 aliphatic carbocycles. The zero-order valence-electron chi connectivity index (χ0n) is 17.0. The molecule has 0 saturated carbocycles. The molecule has 2 aromatic carbocycles. The highest BCUT2D eigenvalue weighted by Crippen LogP contribution is 2.29. The first kappa shape index (κ1) is 19.3. The average Bonchev–Trinajstić information content (AvgIpc) is 2.68. The van der Waals surface area contributed by atoms with Gasteiger partial charge in [-0.25, -0.2) is 9.97 Å². The highest BCUT2D eigenvalue weighted by atomic mass is 14.9. The van der Waals surface area contributed by atoms with Crippen molar-refractivity contribution in [1.29, 1.82) is 0 Å². The van der Waals surface area contributed by atoms with Crippen LogP contribution in [0.25, 0.3) is 22.6 Å². The number of nitrogens with zero attached hydrogens (tertiary/aromatic N) is 2. The van der Waals surface area contributed by atoms with Crippen molar-refractivity contribution in [2.75, 3.05) is 0 Å². The molecule has 0 N–H and O–H groups in total. The maximum atomic E-state index is 5.05. The summed E-state index contributed by atoms with van der Waals surface area (Å²) in [4.78, 5) is 10.1. The van der Waals surface area contributed by atoms with E-state index < -0.39 is 0 Å². The third kappa shape index (κ3) is 4.63. The molecule has 0 radical (unpaired) electrons. The lowest BCUT2D eigenvalue weighted by molar-refractivity contribution is 0.755. The Labute approximate surface area is 163 Å². The van der Waals surface area contributed by atoms with E-state index in [2.05, 4.69) is 76.2 Å². The van der Waals surface area contributed by atoms with Gasteiger partial charge in [0, 0.05) is 22.4 Å². The molecule has 0 amide bonds. The first-order valence-electron chi connectivity index (χ1n) is 10.2. The van der Waals surface area contributed by atoms with Crippen molar-refractivity contribution >= 4 is 0 Å². The Morgan fingerprint density at radius 3 is 1.81 bits per heavy atom. The number of benzene rings is 2. The monoisotopic (exact) mass is 358 g/mol. The zero-order valence-corrected chi connectivity index (χ0v) is 17.0. The van der Waals surface area contributed by atoms with Crippen LogP contribution in [-0.4, -0.2) is 9.97 Å². The van der Waals surface area contributed by atoms with E-state index in [0.717, 1.165) is 42.8 Å². The Morgan fingerprint density at radius 1 is 0.667 bits per heavy atom. The third-order valence-electron chi connectivity index (χ3n) is 4.99. The smallest absolute Gasteiger partial charge is 0.160 e. The summed E-state index contributed by atoms with van der Waals surface area (Å²) in [5, 5.41) is 0. The van der Waals surface area contributed by atoms with Crippen LogP contribution in [0.5, 0.6) is 0 Å². The van der Waals surface area contributed by atoms with Crippen LogP contribution >= 0.6 is 0 Å². The molecule has 0 spiro atoms. The van der Waals surface area contributed by atoms with Crippen LogP contribution in [0.1, 0.15) is 55.5 Å². The fourth-order valence-corrected chi connectivity index (χ4v) is 3.38. The molecule has 2 nitrogen and oxygen atoms in total. The van der Waals surface area contributed by atoms with Gasteiger partial charge in [-0.1, -0.05) is 86.3 Å². The molecular weight excluding hydrogens is 328 g/mol. The summed E-state index contributed by atoms with van der Waals surface area (Å²) in [6.07, 6.45) is 5.48. The molecule has 27 heavy (non-hydrogen) atoms. The van der Waals surface area contributed by atoms with Crippen molar-refractivity contribution in [2.24, 2.45) is 0 Å². The predicted molar refractivity (Wildman–Crippen MR) is 115 cm³/mol. The fourth-order valence-electron chi connectivity index (χ4n) is 3.38. The molecule has 3 aromatic rings. The number of unbranched alkanes of at least 4 members (excludes halogenated alkanes) is 1. The molecule has 0 aliphatic rings. The molecule has 140 valence electrons. The van der Waals surface area contributed by atoms with Gasteiger partial charge in [0.05, 0.1) is 5.69 Å². The van der Waals surface area contributed by atoms with Gasteiger partial charge in [-0.15, -0.1) is 0 Å². The second-order valence-electron chi connectivity index (χ2n) is 7.41. The standard InChI is InChI=1S/C25H30N2/c1-5-7-9-23-22(8-6-2)24(20-14-10-18(3)11-15-20)27-25(26-23)21-16-12-19(4)13-17-21/h10-17H,5-9H2,1-4H3. The maximum absolute atomic E-state index is 5.05. The molecule has 2 heteroatoms. The lowest BCUT2D eigenvalue weighted by Crippen LogP contribution is -2.06. The Kier molecular flexibility index (Phi) is 6.39. The SMILES string of the molecule is CCCCc1nc(-c2ccc(C)cc2)nc(-c2ccc(C)cc2)c1CCC. The van der Waals surface area contributed by atoms with Crippen LogP contribution in [0.15, 0.2) is 48.5 Å². The van der Waals surface area contributed by atoms with E-state index in [4.69, 9.17) is 9.97 Å². The Balaban J connectivity index is 2.18. The first-order chi connectivity index (χ1) is 13.1. The van der Waals surface area contributed by atoms with Gasteiger partial charge in [0.25, 0.3) is 0 Å². The first-order valence-corrected chi connectivity index (χ1v) is 10.2. The minimum atomic E-state index is 0.844. The summed E-state index contributed by atoms with van der Waals surface area (Å²) in [5.41, 5.74) is 8.47. The predicted octanol–water partition coefficient (Wildman–Crippen LogP) is 6.72. The van der Waals surface area contributed by atoms with Crippen LogP contribution in [0.2, 0.25) is 0 Å². The summed E-state index contributed by atoms with van der Waals surface area (Å²) in [5.74, 6) is 0.844. The summed E-state index contributed by atoms with van der Waals surface area (Å²) in [6, 6.07) is 17.3. The van der Waals surface area contributed by atoms with E-state index in [-0.39, 0.29) is 0 Å². The quantitative estimate of drug-likeness (QED) is 0.468. The van der Waals surface area contributed by atoms with E-state index in [1.165, 1.54) is 34.4 Å². The van der Waals surface area contributed by atoms with E-state index in [1.54, 1.807) is 0 Å². The van der Waals surface area contributed by atoms with E-state index in [1.807, 2.05) is 0 Å². The van der Waals surface area contributed by atoms with Gasteiger partial charge >= 0.3 is 0 Å². The largest absolute Gasteiger partial charge is 0.233 e. The van der Waals surface area contributed by atoms with Crippen LogP contribution in [0.3, 0.4) is 0 Å². The topological polar surface area (TPSA) is 25.8 Å². The molecule has 0 saturated heterocycles. The summed E-state index contributed by atoms with van der Waals surface area (Å²) >= 11 is 0. The molecular formula is C25H30N2. The lowest BCUT2D eigenvalue weighted by Gasteiger charge is -2.16. The summed E-state index contributed by atoms with van der Waals surface area (Å²) in [7, 11) is 0. The molecule has 0 atom stereocenters. The molecule has 0 fully saturated rings. The minimum Gasteiger partial charge on any atom is -0.233 e. The number of aryl methyl sites for hydroxylation is 3. The van der Waals surface area contributed by atoms with Crippen LogP contribution in [0.4, 0.5) is 0 Å². The molecule has 0 bridgehead atoms. The third-order valence-corrected chi connectivity index (χ3v) is 4.99. The number of aromatic nitrogens is 2. The molecule has 3 rings (SSSR count). The molecule has 1 heterocycles. The minimum absolute atomic E-state index is 0.844. The second kappa shape index (κ2) is 8.94. The van der Waals surface area contributed by atoms with E-state index >= 15 is 0 Å². The van der Waals surface area contributed by atoms with Crippen molar-refractivity contribution in [1.82, 2.24) is 9.97 Å². The summed E-state index contributed by atoms with van der Waals surface area (Å²) < 4.78 is 0. The lowest BCUT2D eigenvalue weighted by atomic mass is 9.97. The van der Waals surface area contributed by atoms with Gasteiger partial charge in [-0.2, -0.15) is 0 Å². The Hall–Kier alpha value is -2.48. The molecule has 0 aliphatic heterocycles.